The van der Waals surface area contributed by atoms with Crippen molar-refractivity contribution in [2.24, 2.45) is 0 Å². The first-order chi connectivity index (χ1) is 8.04. The molecule has 0 fully saturated rings. The van der Waals surface area contributed by atoms with Crippen LogP contribution in [0.1, 0.15) is 30.1 Å². The molecular weight excluding hydrogens is 335 g/mol. The molecule has 1 aromatic rings. The Bertz CT molecular complexity index is 429. The third-order valence-electron chi connectivity index (χ3n) is 2.08. The fourth-order valence-corrected chi connectivity index (χ4v) is 2.11. The summed E-state index contributed by atoms with van der Waals surface area (Å²) in [5, 5.41) is 8.48. The van der Waals surface area contributed by atoms with Crippen LogP contribution >= 0.6 is 22.6 Å². The van der Waals surface area contributed by atoms with Gasteiger partial charge >= 0.3 is 5.97 Å². The van der Waals surface area contributed by atoms with Gasteiger partial charge in [0.15, 0.2) is 12.4 Å². The second-order valence-electron chi connectivity index (χ2n) is 3.50. The molecule has 1 N–H and O–H groups in total. The summed E-state index contributed by atoms with van der Waals surface area (Å²) in [6.07, 6.45) is 1.33. The Morgan fingerprint density at radius 1 is 1.41 bits per heavy atom. The van der Waals surface area contributed by atoms with Crippen LogP contribution in [0.2, 0.25) is 0 Å². The van der Waals surface area contributed by atoms with Crippen LogP contribution in [0.4, 0.5) is 0 Å². The molecule has 0 unspecified atom stereocenters. The molecule has 0 saturated carbocycles. The zero-order valence-electron chi connectivity index (χ0n) is 9.40. The van der Waals surface area contributed by atoms with Crippen LogP contribution < -0.4 is 4.74 Å². The molecule has 92 valence electrons. The second kappa shape index (κ2) is 6.58. The lowest BCUT2D eigenvalue weighted by atomic mass is 10.1. The van der Waals surface area contributed by atoms with E-state index in [1.165, 1.54) is 0 Å². The lowest BCUT2D eigenvalue weighted by Crippen LogP contribution is -2.10. The van der Waals surface area contributed by atoms with E-state index in [1.807, 2.05) is 29.5 Å². The van der Waals surface area contributed by atoms with Crippen LogP contribution in [0.25, 0.3) is 0 Å². The molecule has 0 aromatic heterocycles. The second-order valence-corrected chi connectivity index (χ2v) is 4.66. The number of Topliss-reactive ketones (excluding diaryl/α,β-unsaturated/α-hetero) is 1. The molecule has 0 bridgehead atoms. The van der Waals surface area contributed by atoms with Gasteiger partial charge in [-0.05, 0) is 47.2 Å². The molecule has 0 atom stereocenters. The molecule has 0 heterocycles. The number of carbonyl (C=O) groups excluding carboxylic acids is 1. The highest BCUT2D eigenvalue weighted by Crippen LogP contribution is 2.21. The van der Waals surface area contributed by atoms with Crippen LogP contribution in [-0.2, 0) is 4.79 Å². The van der Waals surface area contributed by atoms with Gasteiger partial charge in [-0.1, -0.05) is 6.92 Å². The third kappa shape index (κ3) is 4.33. The number of carboxylic acids is 1. The molecule has 1 rings (SSSR count). The zero-order valence-corrected chi connectivity index (χ0v) is 11.6. The maximum absolute atomic E-state index is 11.7. The summed E-state index contributed by atoms with van der Waals surface area (Å²) >= 11 is 2.05. The molecule has 17 heavy (non-hydrogen) atoms. The molecule has 0 aliphatic carbocycles. The van der Waals surface area contributed by atoms with Crippen LogP contribution in [0.3, 0.4) is 0 Å². The van der Waals surface area contributed by atoms with Crippen molar-refractivity contribution in [1.82, 2.24) is 0 Å². The molecule has 0 aliphatic heterocycles. The van der Waals surface area contributed by atoms with Gasteiger partial charge in [-0.25, -0.2) is 4.79 Å². The van der Waals surface area contributed by atoms with Crippen LogP contribution in [0, 0.1) is 3.57 Å². The van der Waals surface area contributed by atoms with Crippen molar-refractivity contribution in [3.63, 3.8) is 0 Å². The Kier molecular flexibility index (Phi) is 5.40. The third-order valence-corrected chi connectivity index (χ3v) is 2.97. The van der Waals surface area contributed by atoms with Gasteiger partial charge in [-0.15, -0.1) is 0 Å². The highest BCUT2D eigenvalue weighted by Gasteiger charge is 2.10. The van der Waals surface area contributed by atoms with Crippen molar-refractivity contribution in [1.29, 1.82) is 0 Å². The normalized spacial score (nSPS) is 10.0. The van der Waals surface area contributed by atoms with Crippen LogP contribution in [-0.4, -0.2) is 23.5 Å². The number of ether oxygens (including phenoxy) is 1. The van der Waals surface area contributed by atoms with E-state index in [-0.39, 0.29) is 12.4 Å². The fourth-order valence-electron chi connectivity index (χ4n) is 1.32. The number of benzene rings is 1. The highest BCUT2D eigenvalue weighted by atomic mass is 127. The number of halogens is 1. The summed E-state index contributed by atoms with van der Waals surface area (Å²) in [5.74, 6) is -0.460. The van der Waals surface area contributed by atoms with E-state index < -0.39 is 5.97 Å². The Labute approximate surface area is 113 Å². The van der Waals surface area contributed by atoms with Gasteiger partial charge in [0.2, 0.25) is 0 Å². The molecule has 5 heteroatoms. The van der Waals surface area contributed by atoms with Crippen molar-refractivity contribution in [3.05, 3.63) is 27.3 Å². The standard InChI is InChI=1S/C12H13IO4/c1-2-3-11(14)9-5-4-8(6-10(9)13)17-7-12(15)16/h4-6H,2-3,7H2,1H3,(H,15,16). The topological polar surface area (TPSA) is 63.6 Å². The van der Waals surface area contributed by atoms with E-state index in [0.717, 1.165) is 9.99 Å². The van der Waals surface area contributed by atoms with Gasteiger partial charge in [0.05, 0.1) is 0 Å². The number of carboxylic acid groups (broad SMARTS) is 1. The summed E-state index contributed by atoms with van der Waals surface area (Å²) in [4.78, 5) is 22.0. The predicted octanol–water partition coefficient (Wildman–Crippen LogP) is 2.74. The highest BCUT2D eigenvalue weighted by molar-refractivity contribution is 14.1. The predicted molar refractivity (Wildman–Crippen MR) is 71.5 cm³/mol. The van der Waals surface area contributed by atoms with Gasteiger partial charge in [0.25, 0.3) is 0 Å². The zero-order chi connectivity index (χ0) is 12.8. The number of carbonyl (C=O) groups is 2. The van der Waals surface area contributed by atoms with E-state index in [9.17, 15) is 9.59 Å². The van der Waals surface area contributed by atoms with Crippen LogP contribution in [0.5, 0.6) is 5.75 Å². The molecular formula is C12H13IO4. The first-order valence-corrected chi connectivity index (χ1v) is 6.29. The maximum Gasteiger partial charge on any atom is 0.341 e. The number of aliphatic carboxylic acids is 1. The Morgan fingerprint density at radius 3 is 2.65 bits per heavy atom. The SMILES string of the molecule is CCCC(=O)c1ccc(OCC(=O)O)cc1I. The summed E-state index contributed by atoms with van der Waals surface area (Å²) < 4.78 is 5.81. The molecule has 1 aromatic carbocycles. The van der Waals surface area contributed by atoms with E-state index in [0.29, 0.717) is 17.7 Å². The van der Waals surface area contributed by atoms with Gasteiger partial charge < -0.3 is 9.84 Å². The molecule has 0 aliphatic rings. The lowest BCUT2D eigenvalue weighted by Gasteiger charge is -2.07. The molecule has 4 nitrogen and oxygen atoms in total. The number of hydrogen-bond donors (Lipinski definition) is 1. The quantitative estimate of drug-likeness (QED) is 0.634. The van der Waals surface area contributed by atoms with Gasteiger partial charge in [0, 0.05) is 15.6 Å². The van der Waals surface area contributed by atoms with E-state index in [4.69, 9.17) is 9.84 Å². The average molecular weight is 348 g/mol. The Morgan fingerprint density at radius 2 is 2.12 bits per heavy atom. The van der Waals surface area contributed by atoms with Crippen molar-refractivity contribution in [2.45, 2.75) is 19.8 Å². The fraction of sp³-hybridized carbons (Fsp3) is 0.333. The lowest BCUT2D eigenvalue weighted by molar-refractivity contribution is -0.139. The minimum Gasteiger partial charge on any atom is -0.482 e. The Hall–Kier alpha value is -1.11. The summed E-state index contributed by atoms with van der Waals surface area (Å²) in [7, 11) is 0. The van der Waals surface area contributed by atoms with Crippen molar-refractivity contribution >= 4 is 34.3 Å². The van der Waals surface area contributed by atoms with Gasteiger partial charge in [-0.2, -0.15) is 0 Å². The van der Waals surface area contributed by atoms with Crippen molar-refractivity contribution in [2.75, 3.05) is 6.61 Å². The monoisotopic (exact) mass is 348 g/mol. The largest absolute Gasteiger partial charge is 0.482 e. The first-order valence-electron chi connectivity index (χ1n) is 5.22. The molecule has 0 saturated heterocycles. The van der Waals surface area contributed by atoms with Crippen molar-refractivity contribution < 1.29 is 19.4 Å². The van der Waals surface area contributed by atoms with Crippen molar-refractivity contribution in [3.8, 4) is 5.75 Å². The minimum absolute atomic E-state index is 0.0988. The minimum atomic E-state index is -1.02. The van der Waals surface area contributed by atoms with E-state index in [1.54, 1.807) is 18.2 Å². The van der Waals surface area contributed by atoms with Gasteiger partial charge in [0.1, 0.15) is 5.75 Å². The number of ketones is 1. The first kappa shape index (κ1) is 14.0. The van der Waals surface area contributed by atoms with Gasteiger partial charge in [-0.3, -0.25) is 4.79 Å². The van der Waals surface area contributed by atoms with Crippen LogP contribution in [0.15, 0.2) is 18.2 Å². The number of hydrogen-bond acceptors (Lipinski definition) is 3. The summed E-state index contributed by atoms with van der Waals surface area (Å²) in [6, 6.07) is 4.97. The summed E-state index contributed by atoms with van der Waals surface area (Å²) in [6.45, 7) is 1.58. The Balaban J connectivity index is 2.79. The van der Waals surface area contributed by atoms with E-state index in [2.05, 4.69) is 0 Å². The molecule has 0 amide bonds. The maximum atomic E-state index is 11.7. The molecule has 0 radical (unpaired) electrons. The van der Waals surface area contributed by atoms with E-state index >= 15 is 0 Å². The summed E-state index contributed by atoms with van der Waals surface area (Å²) in [5.41, 5.74) is 0.662. The number of rotatable bonds is 6. The molecule has 0 spiro atoms. The smallest absolute Gasteiger partial charge is 0.341 e. The average Bonchev–Trinajstić information content (AvgIpc) is 2.26.